The van der Waals surface area contributed by atoms with Gasteiger partial charge in [-0.05, 0) is 18.6 Å². The van der Waals surface area contributed by atoms with Crippen molar-refractivity contribution in [3.8, 4) is 0 Å². The summed E-state index contributed by atoms with van der Waals surface area (Å²) < 4.78 is 42.9. The van der Waals surface area contributed by atoms with Gasteiger partial charge in [-0.25, -0.2) is 0 Å². The molecule has 0 spiro atoms. The second-order valence-electron chi connectivity index (χ2n) is 4.59. The predicted octanol–water partition coefficient (Wildman–Crippen LogP) is 2.98. The van der Waals surface area contributed by atoms with Crippen molar-refractivity contribution in [2.45, 2.75) is 38.7 Å². The summed E-state index contributed by atoms with van der Waals surface area (Å²) in [5.74, 6) is -0.279. The highest BCUT2D eigenvalue weighted by atomic mass is 19.4. The predicted molar refractivity (Wildman–Crippen MR) is 57.1 cm³/mol. The highest BCUT2D eigenvalue weighted by molar-refractivity contribution is 5.92. The van der Waals surface area contributed by atoms with Crippen molar-refractivity contribution in [2.75, 3.05) is 0 Å². The van der Waals surface area contributed by atoms with E-state index in [4.69, 9.17) is 4.74 Å². The summed E-state index contributed by atoms with van der Waals surface area (Å²) in [5, 5.41) is 0. The number of hydrogen-bond donors (Lipinski definition) is 0. The van der Waals surface area contributed by atoms with Gasteiger partial charge < -0.3 is 4.74 Å². The maximum atomic E-state index is 12.5. The van der Waals surface area contributed by atoms with E-state index in [0.717, 1.165) is 0 Å². The lowest BCUT2D eigenvalue weighted by molar-refractivity contribution is -0.184. The Bertz CT molecular complexity index is 499. The van der Waals surface area contributed by atoms with Gasteiger partial charge in [0.25, 0.3) is 0 Å². The number of nitrogens with zero attached hydrogens (tertiary/aromatic N) is 1. The van der Waals surface area contributed by atoms with Crippen LogP contribution in [-0.4, -0.2) is 16.9 Å². The molecular formula is C12H12F3NO2. The largest absolute Gasteiger partial charge is 0.392 e. The zero-order valence-corrected chi connectivity index (χ0v) is 9.97. The molecule has 1 unspecified atom stereocenters. The SMILES string of the molecule is CC(=O)c1cc2c(cn1)COC2(C)CC(F)(F)F. The Balaban J connectivity index is 2.42. The molecule has 0 fully saturated rings. The van der Waals surface area contributed by atoms with Gasteiger partial charge in [-0.3, -0.25) is 9.78 Å². The minimum absolute atomic E-state index is 0.0904. The molecule has 6 heteroatoms. The molecule has 0 bridgehead atoms. The van der Waals surface area contributed by atoms with Gasteiger partial charge in [0, 0.05) is 18.7 Å². The summed E-state index contributed by atoms with van der Waals surface area (Å²) in [4.78, 5) is 15.1. The Morgan fingerprint density at radius 3 is 2.78 bits per heavy atom. The smallest absolute Gasteiger partial charge is 0.365 e. The zero-order chi connectivity index (χ0) is 13.6. The lowest BCUT2D eigenvalue weighted by Crippen LogP contribution is -2.29. The summed E-state index contributed by atoms with van der Waals surface area (Å²) in [6.45, 7) is 2.80. The van der Waals surface area contributed by atoms with Gasteiger partial charge in [-0.15, -0.1) is 0 Å². The zero-order valence-electron chi connectivity index (χ0n) is 9.97. The van der Waals surface area contributed by atoms with Crippen molar-refractivity contribution in [3.63, 3.8) is 0 Å². The molecule has 2 heterocycles. The fourth-order valence-corrected chi connectivity index (χ4v) is 2.13. The molecule has 0 saturated heterocycles. The second kappa shape index (κ2) is 4.05. The molecule has 2 rings (SSSR count). The summed E-state index contributed by atoms with van der Waals surface area (Å²) in [6.07, 6.45) is -3.99. The Kier molecular flexibility index (Phi) is 2.93. The first-order chi connectivity index (χ1) is 8.21. The molecule has 0 N–H and O–H groups in total. The molecule has 1 aromatic heterocycles. The Morgan fingerprint density at radius 2 is 2.22 bits per heavy atom. The number of ketones is 1. The molecule has 0 amide bonds. The summed E-state index contributed by atoms with van der Waals surface area (Å²) >= 11 is 0. The molecule has 0 radical (unpaired) electrons. The Hall–Kier alpha value is -1.43. The van der Waals surface area contributed by atoms with Crippen LogP contribution in [0.5, 0.6) is 0 Å². The van der Waals surface area contributed by atoms with Gasteiger partial charge in [-0.1, -0.05) is 0 Å². The van der Waals surface area contributed by atoms with Gasteiger partial charge in [-0.2, -0.15) is 13.2 Å². The number of carbonyl (C=O) groups excluding carboxylic acids is 1. The minimum Gasteiger partial charge on any atom is -0.365 e. The van der Waals surface area contributed by atoms with E-state index in [2.05, 4.69) is 4.98 Å². The summed E-state index contributed by atoms with van der Waals surface area (Å²) in [6, 6.07) is 1.40. The number of pyridine rings is 1. The van der Waals surface area contributed by atoms with E-state index in [1.807, 2.05) is 0 Å². The number of Topliss-reactive ketones (excluding diaryl/α,β-unsaturated/α-hetero) is 1. The topological polar surface area (TPSA) is 39.2 Å². The van der Waals surface area contributed by atoms with E-state index < -0.39 is 18.2 Å². The second-order valence-corrected chi connectivity index (χ2v) is 4.59. The number of fused-ring (bicyclic) bond motifs is 1. The molecule has 98 valence electrons. The van der Waals surface area contributed by atoms with Crippen LogP contribution in [0.4, 0.5) is 13.2 Å². The van der Waals surface area contributed by atoms with Crippen LogP contribution < -0.4 is 0 Å². The van der Waals surface area contributed by atoms with E-state index in [-0.39, 0.29) is 18.1 Å². The van der Waals surface area contributed by atoms with E-state index in [1.165, 1.54) is 26.1 Å². The average molecular weight is 259 g/mol. The number of halogens is 3. The molecular weight excluding hydrogens is 247 g/mol. The van der Waals surface area contributed by atoms with Gasteiger partial charge in [0.2, 0.25) is 0 Å². The van der Waals surface area contributed by atoms with Gasteiger partial charge in [0.15, 0.2) is 5.78 Å². The number of hydrogen-bond acceptors (Lipinski definition) is 3. The molecule has 1 aromatic rings. The highest BCUT2D eigenvalue weighted by Gasteiger charge is 2.45. The first-order valence-corrected chi connectivity index (χ1v) is 5.42. The van der Waals surface area contributed by atoms with E-state index >= 15 is 0 Å². The summed E-state index contributed by atoms with van der Waals surface area (Å²) in [5.41, 5.74) is -0.264. The quantitative estimate of drug-likeness (QED) is 0.766. The van der Waals surface area contributed by atoms with Crippen molar-refractivity contribution in [1.82, 2.24) is 4.98 Å². The molecule has 1 atom stereocenters. The highest BCUT2D eigenvalue weighted by Crippen LogP contribution is 2.43. The van der Waals surface area contributed by atoms with Crippen LogP contribution in [0.2, 0.25) is 0 Å². The van der Waals surface area contributed by atoms with Crippen molar-refractivity contribution >= 4 is 5.78 Å². The number of alkyl halides is 3. The lowest BCUT2D eigenvalue weighted by Gasteiger charge is -2.26. The van der Waals surface area contributed by atoms with E-state index in [9.17, 15) is 18.0 Å². The maximum absolute atomic E-state index is 12.5. The molecule has 1 aliphatic rings. The van der Waals surface area contributed by atoms with Crippen LogP contribution in [0.15, 0.2) is 12.3 Å². The number of ether oxygens (including phenoxy) is 1. The molecule has 0 aliphatic carbocycles. The van der Waals surface area contributed by atoms with Crippen LogP contribution in [0.1, 0.15) is 41.9 Å². The van der Waals surface area contributed by atoms with Crippen LogP contribution in [0.3, 0.4) is 0 Å². The lowest BCUT2D eigenvalue weighted by atomic mass is 9.91. The van der Waals surface area contributed by atoms with Crippen molar-refractivity contribution in [3.05, 3.63) is 29.1 Å². The molecule has 0 saturated carbocycles. The van der Waals surface area contributed by atoms with E-state index in [0.29, 0.717) is 11.1 Å². The first kappa shape index (κ1) is 13.0. The summed E-state index contributed by atoms with van der Waals surface area (Å²) in [7, 11) is 0. The van der Waals surface area contributed by atoms with Crippen molar-refractivity contribution in [2.24, 2.45) is 0 Å². The Morgan fingerprint density at radius 1 is 1.56 bits per heavy atom. The number of carbonyl (C=O) groups is 1. The fourth-order valence-electron chi connectivity index (χ4n) is 2.13. The normalized spacial score (nSPS) is 22.9. The van der Waals surface area contributed by atoms with Gasteiger partial charge >= 0.3 is 6.18 Å². The van der Waals surface area contributed by atoms with Gasteiger partial charge in [0.05, 0.1) is 18.6 Å². The molecule has 1 aliphatic heterocycles. The average Bonchev–Trinajstić information content (AvgIpc) is 2.53. The first-order valence-electron chi connectivity index (χ1n) is 5.42. The third kappa shape index (κ3) is 2.38. The fraction of sp³-hybridized carbons (Fsp3) is 0.500. The van der Waals surface area contributed by atoms with Crippen LogP contribution in [-0.2, 0) is 16.9 Å². The third-order valence-corrected chi connectivity index (χ3v) is 3.00. The minimum atomic E-state index is -4.32. The molecule has 3 nitrogen and oxygen atoms in total. The number of aromatic nitrogens is 1. The third-order valence-electron chi connectivity index (χ3n) is 3.00. The monoisotopic (exact) mass is 259 g/mol. The number of rotatable bonds is 2. The van der Waals surface area contributed by atoms with Crippen LogP contribution in [0, 0.1) is 0 Å². The maximum Gasteiger partial charge on any atom is 0.392 e. The Labute approximate surface area is 102 Å². The standard InChI is InChI=1S/C12H12F3NO2/c1-7(17)10-3-9-8(4-16-10)5-18-11(9,2)6-12(13,14)15/h3-4H,5-6H2,1-2H3. The van der Waals surface area contributed by atoms with Crippen molar-refractivity contribution in [1.29, 1.82) is 0 Å². The van der Waals surface area contributed by atoms with Crippen LogP contribution >= 0.6 is 0 Å². The molecule has 18 heavy (non-hydrogen) atoms. The van der Waals surface area contributed by atoms with Crippen LogP contribution in [0.25, 0.3) is 0 Å². The van der Waals surface area contributed by atoms with Gasteiger partial charge in [0.1, 0.15) is 5.69 Å². The van der Waals surface area contributed by atoms with Crippen molar-refractivity contribution < 1.29 is 22.7 Å². The molecule has 0 aromatic carbocycles. The van der Waals surface area contributed by atoms with E-state index in [1.54, 1.807) is 0 Å².